The van der Waals surface area contributed by atoms with Gasteiger partial charge in [0.15, 0.2) is 0 Å². The molecule has 0 aliphatic heterocycles. The zero-order valence-electron chi connectivity index (χ0n) is 14.1. The number of nitrogens with one attached hydrogen (secondary N) is 1. The number of nitrogens with zero attached hydrogens (tertiary/aromatic N) is 1. The average molecular weight is 288 g/mol. The summed E-state index contributed by atoms with van der Waals surface area (Å²) in [6.07, 6.45) is 7.00. The first kappa shape index (κ1) is 16.4. The molecule has 1 saturated carbocycles. The van der Waals surface area contributed by atoms with E-state index in [9.17, 15) is 0 Å². The molecule has 1 aliphatic carbocycles. The van der Waals surface area contributed by atoms with Gasteiger partial charge in [0.1, 0.15) is 0 Å². The molecule has 1 aliphatic rings. The van der Waals surface area contributed by atoms with E-state index in [-0.39, 0.29) is 0 Å². The summed E-state index contributed by atoms with van der Waals surface area (Å²) in [4.78, 5) is 2.39. The van der Waals surface area contributed by atoms with Crippen molar-refractivity contribution in [2.75, 3.05) is 24.5 Å². The van der Waals surface area contributed by atoms with Crippen LogP contribution in [0.25, 0.3) is 0 Å². The van der Waals surface area contributed by atoms with Crippen LogP contribution in [0.15, 0.2) is 24.3 Å². The van der Waals surface area contributed by atoms with Crippen molar-refractivity contribution in [3.8, 4) is 0 Å². The van der Waals surface area contributed by atoms with Crippen molar-refractivity contribution in [2.45, 2.75) is 59.4 Å². The summed E-state index contributed by atoms with van der Waals surface area (Å²) in [5.74, 6) is 0. The van der Waals surface area contributed by atoms with Crippen LogP contribution in [-0.4, -0.2) is 19.6 Å². The van der Waals surface area contributed by atoms with Crippen LogP contribution >= 0.6 is 0 Å². The molecular formula is C19H32N2. The standard InChI is InChI=1S/C19H32N2/c1-4-19(13-7-8-14-19)16-20-15-17-9-11-18(12-10-17)21(5-2)6-3/h9-12,20H,4-8,13-16H2,1-3H3. The Labute approximate surface area is 130 Å². The molecular weight excluding hydrogens is 256 g/mol. The monoisotopic (exact) mass is 288 g/mol. The zero-order valence-corrected chi connectivity index (χ0v) is 14.1. The van der Waals surface area contributed by atoms with E-state index in [4.69, 9.17) is 0 Å². The molecule has 118 valence electrons. The van der Waals surface area contributed by atoms with Crippen LogP contribution in [0.5, 0.6) is 0 Å². The molecule has 0 unspecified atom stereocenters. The topological polar surface area (TPSA) is 15.3 Å². The minimum atomic E-state index is 0.584. The number of hydrogen-bond donors (Lipinski definition) is 1. The second-order valence-corrected chi connectivity index (χ2v) is 6.50. The Hall–Kier alpha value is -1.02. The highest BCUT2D eigenvalue weighted by Crippen LogP contribution is 2.40. The maximum Gasteiger partial charge on any atom is 0.0366 e. The third-order valence-corrected chi connectivity index (χ3v) is 5.31. The fourth-order valence-corrected chi connectivity index (χ4v) is 3.67. The molecule has 0 heterocycles. The van der Waals surface area contributed by atoms with E-state index in [1.807, 2.05) is 0 Å². The SMILES string of the molecule is CCN(CC)c1ccc(CNCC2(CC)CCCC2)cc1. The third kappa shape index (κ3) is 4.23. The number of anilines is 1. The Morgan fingerprint density at radius 2 is 1.62 bits per heavy atom. The van der Waals surface area contributed by atoms with E-state index in [0.29, 0.717) is 5.41 Å². The van der Waals surface area contributed by atoms with E-state index < -0.39 is 0 Å². The van der Waals surface area contributed by atoms with Crippen molar-refractivity contribution in [1.82, 2.24) is 5.32 Å². The summed E-state index contributed by atoms with van der Waals surface area (Å²) in [6, 6.07) is 9.06. The fraction of sp³-hybridized carbons (Fsp3) is 0.684. The Bertz CT molecular complexity index is 400. The quantitative estimate of drug-likeness (QED) is 0.752. The molecule has 1 aromatic rings. The van der Waals surface area contributed by atoms with Gasteiger partial charge in [0.05, 0.1) is 0 Å². The van der Waals surface area contributed by atoms with Crippen molar-refractivity contribution in [3.63, 3.8) is 0 Å². The van der Waals surface area contributed by atoms with Gasteiger partial charge in [0.25, 0.3) is 0 Å². The Morgan fingerprint density at radius 1 is 1.00 bits per heavy atom. The normalized spacial score (nSPS) is 17.1. The van der Waals surface area contributed by atoms with Crippen molar-refractivity contribution in [2.24, 2.45) is 5.41 Å². The largest absolute Gasteiger partial charge is 0.372 e. The second kappa shape index (κ2) is 7.84. The van der Waals surface area contributed by atoms with Gasteiger partial charge in [-0.2, -0.15) is 0 Å². The molecule has 2 rings (SSSR count). The molecule has 0 amide bonds. The predicted molar refractivity (Wildman–Crippen MR) is 92.9 cm³/mol. The van der Waals surface area contributed by atoms with Crippen molar-refractivity contribution in [1.29, 1.82) is 0 Å². The van der Waals surface area contributed by atoms with Crippen LogP contribution in [0.2, 0.25) is 0 Å². The van der Waals surface area contributed by atoms with Crippen LogP contribution in [0, 0.1) is 5.41 Å². The van der Waals surface area contributed by atoms with Gasteiger partial charge in [-0.05, 0) is 56.2 Å². The lowest BCUT2D eigenvalue weighted by Gasteiger charge is -2.28. The summed E-state index contributed by atoms with van der Waals surface area (Å²) in [7, 11) is 0. The molecule has 0 aromatic heterocycles. The van der Waals surface area contributed by atoms with Gasteiger partial charge < -0.3 is 10.2 Å². The van der Waals surface area contributed by atoms with Gasteiger partial charge in [-0.25, -0.2) is 0 Å². The fourth-order valence-electron chi connectivity index (χ4n) is 3.67. The molecule has 0 bridgehead atoms. The molecule has 1 N–H and O–H groups in total. The second-order valence-electron chi connectivity index (χ2n) is 6.50. The van der Waals surface area contributed by atoms with Gasteiger partial charge in [0, 0.05) is 31.9 Å². The van der Waals surface area contributed by atoms with Gasteiger partial charge in [0.2, 0.25) is 0 Å². The lowest BCUT2D eigenvalue weighted by Crippen LogP contribution is -2.31. The molecule has 2 heteroatoms. The number of hydrogen-bond acceptors (Lipinski definition) is 2. The van der Waals surface area contributed by atoms with Crippen molar-refractivity contribution >= 4 is 5.69 Å². The summed E-state index contributed by atoms with van der Waals surface area (Å²) in [5.41, 5.74) is 3.32. The first-order valence-corrected chi connectivity index (χ1v) is 8.77. The Balaban J connectivity index is 1.83. The molecule has 1 aromatic carbocycles. The maximum atomic E-state index is 3.70. The summed E-state index contributed by atoms with van der Waals surface area (Å²) < 4.78 is 0. The minimum Gasteiger partial charge on any atom is -0.372 e. The first-order valence-electron chi connectivity index (χ1n) is 8.77. The molecule has 0 saturated heterocycles. The van der Waals surface area contributed by atoms with E-state index in [1.54, 1.807) is 0 Å². The first-order chi connectivity index (χ1) is 10.2. The highest BCUT2D eigenvalue weighted by molar-refractivity contribution is 5.47. The van der Waals surface area contributed by atoms with Crippen molar-refractivity contribution < 1.29 is 0 Å². The average Bonchev–Trinajstić information content (AvgIpc) is 2.99. The maximum absolute atomic E-state index is 3.70. The van der Waals surface area contributed by atoms with Gasteiger partial charge in [-0.15, -0.1) is 0 Å². The molecule has 0 spiro atoms. The van der Waals surface area contributed by atoms with Gasteiger partial charge in [-0.3, -0.25) is 0 Å². The lowest BCUT2D eigenvalue weighted by molar-refractivity contribution is 0.268. The van der Waals surface area contributed by atoms with Gasteiger partial charge in [-0.1, -0.05) is 31.9 Å². The van der Waals surface area contributed by atoms with E-state index in [2.05, 4.69) is 55.3 Å². The summed E-state index contributed by atoms with van der Waals surface area (Å²) >= 11 is 0. The third-order valence-electron chi connectivity index (χ3n) is 5.31. The number of rotatable bonds is 8. The van der Waals surface area contributed by atoms with Crippen LogP contribution in [0.4, 0.5) is 5.69 Å². The molecule has 21 heavy (non-hydrogen) atoms. The lowest BCUT2D eigenvalue weighted by atomic mass is 9.83. The van der Waals surface area contributed by atoms with E-state index in [0.717, 1.165) is 19.6 Å². The summed E-state index contributed by atoms with van der Waals surface area (Å²) in [6.45, 7) is 11.1. The van der Waals surface area contributed by atoms with Crippen LogP contribution < -0.4 is 10.2 Å². The predicted octanol–water partition coefficient (Wildman–Crippen LogP) is 4.59. The van der Waals surface area contributed by atoms with Crippen molar-refractivity contribution in [3.05, 3.63) is 29.8 Å². The van der Waals surface area contributed by atoms with E-state index >= 15 is 0 Å². The molecule has 2 nitrogen and oxygen atoms in total. The Morgan fingerprint density at radius 3 is 2.14 bits per heavy atom. The Kier molecular flexibility index (Phi) is 6.10. The zero-order chi connectivity index (χ0) is 15.1. The number of benzene rings is 1. The van der Waals surface area contributed by atoms with Crippen LogP contribution in [-0.2, 0) is 6.54 Å². The minimum absolute atomic E-state index is 0.584. The molecule has 0 radical (unpaired) electrons. The van der Waals surface area contributed by atoms with Crippen LogP contribution in [0.1, 0.15) is 58.4 Å². The smallest absolute Gasteiger partial charge is 0.0366 e. The van der Waals surface area contributed by atoms with Gasteiger partial charge >= 0.3 is 0 Å². The van der Waals surface area contributed by atoms with E-state index in [1.165, 1.54) is 49.9 Å². The molecule has 0 atom stereocenters. The summed E-state index contributed by atoms with van der Waals surface area (Å²) in [5, 5.41) is 3.70. The highest BCUT2D eigenvalue weighted by atomic mass is 15.1. The highest BCUT2D eigenvalue weighted by Gasteiger charge is 2.31. The van der Waals surface area contributed by atoms with Crippen LogP contribution in [0.3, 0.4) is 0 Å². The molecule has 1 fully saturated rings.